The Morgan fingerprint density at radius 1 is 1.26 bits per heavy atom. The summed E-state index contributed by atoms with van der Waals surface area (Å²) in [7, 11) is 1.64. The molecule has 0 spiro atoms. The highest BCUT2D eigenvalue weighted by Gasteiger charge is 2.16. The lowest BCUT2D eigenvalue weighted by molar-refractivity contribution is -0.0520. The third-order valence-electron chi connectivity index (χ3n) is 3.72. The molecule has 27 heavy (non-hydrogen) atoms. The van der Waals surface area contributed by atoms with Crippen LogP contribution in [0.25, 0.3) is 0 Å². The Bertz CT molecular complexity index is 761. The molecule has 0 unspecified atom stereocenters. The minimum absolute atomic E-state index is 0.0310. The van der Waals surface area contributed by atoms with Crippen LogP contribution in [0.4, 0.5) is 8.78 Å². The number of benzene rings is 1. The fourth-order valence-corrected chi connectivity index (χ4v) is 3.24. The molecule has 2 aromatic rings. The van der Waals surface area contributed by atoms with Gasteiger partial charge >= 0.3 is 6.61 Å². The molecule has 1 heterocycles. The number of aryl methyl sites for hydroxylation is 2. The van der Waals surface area contributed by atoms with Gasteiger partial charge < -0.3 is 20.1 Å². The maximum atomic E-state index is 12.8. The van der Waals surface area contributed by atoms with Crippen molar-refractivity contribution in [1.82, 2.24) is 15.6 Å². The number of nitrogens with one attached hydrogen (secondary N) is 2. The third kappa shape index (κ3) is 6.06. The summed E-state index contributed by atoms with van der Waals surface area (Å²) in [6, 6.07) is 5.04. The lowest BCUT2D eigenvalue weighted by Gasteiger charge is -2.17. The van der Waals surface area contributed by atoms with Crippen LogP contribution < -0.4 is 20.1 Å². The smallest absolute Gasteiger partial charge is 0.387 e. The second-order valence-electron chi connectivity index (χ2n) is 5.58. The van der Waals surface area contributed by atoms with Crippen LogP contribution in [0.3, 0.4) is 0 Å². The van der Waals surface area contributed by atoms with E-state index < -0.39 is 6.61 Å². The van der Waals surface area contributed by atoms with Crippen molar-refractivity contribution in [1.29, 1.82) is 0 Å². The molecule has 2 N–H and O–H groups in total. The molecule has 0 amide bonds. The predicted molar refractivity (Wildman–Crippen MR) is 103 cm³/mol. The highest BCUT2D eigenvalue weighted by Crippen LogP contribution is 2.32. The molecule has 148 valence electrons. The van der Waals surface area contributed by atoms with Crippen LogP contribution >= 0.6 is 11.3 Å². The third-order valence-corrected chi connectivity index (χ3v) is 4.79. The van der Waals surface area contributed by atoms with Crippen molar-refractivity contribution >= 4 is 17.3 Å². The minimum Gasteiger partial charge on any atom is -0.490 e. The lowest BCUT2D eigenvalue weighted by atomic mass is 10.2. The molecule has 0 aliphatic carbocycles. The number of guanidine groups is 1. The van der Waals surface area contributed by atoms with Crippen molar-refractivity contribution in [2.24, 2.45) is 4.99 Å². The Kier molecular flexibility index (Phi) is 7.78. The van der Waals surface area contributed by atoms with Gasteiger partial charge in [0.05, 0.1) is 18.8 Å². The molecule has 0 aliphatic rings. The van der Waals surface area contributed by atoms with Gasteiger partial charge in [0.1, 0.15) is 5.01 Å². The van der Waals surface area contributed by atoms with Crippen LogP contribution in [-0.4, -0.2) is 31.2 Å². The van der Waals surface area contributed by atoms with Crippen LogP contribution in [0.15, 0.2) is 23.2 Å². The van der Waals surface area contributed by atoms with Crippen molar-refractivity contribution in [2.45, 2.75) is 40.5 Å². The number of para-hydroxylation sites is 1. The van der Waals surface area contributed by atoms with E-state index in [0.717, 1.165) is 10.7 Å². The van der Waals surface area contributed by atoms with Crippen molar-refractivity contribution in [2.75, 3.05) is 13.7 Å². The first-order valence-corrected chi connectivity index (χ1v) is 9.33. The topological polar surface area (TPSA) is 67.8 Å². The maximum absolute atomic E-state index is 12.8. The van der Waals surface area contributed by atoms with Gasteiger partial charge in [-0.05, 0) is 26.8 Å². The first kappa shape index (κ1) is 20.9. The molecule has 1 aromatic heterocycles. The standard InChI is InChI=1S/C18H24F2N4O2S/c1-5-25-14-8-6-7-13(16(14)26-17(19)20)9-22-18(21-4)23-10-15-24-11(2)12(3)27-15/h6-8,17H,5,9-10H2,1-4H3,(H2,21,22,23). The van der Waals surface area contributed by atoms with E-state index in [-0.39, 0.29) is 18.0 Å². The Balaban J connectivity index is 2.03. The van der Waals surface area contributed by atoms with Gasteiger partial charge in [-0.3, -0.25) is 4.99 Å². The average molecular weight is 398 g/mol. The summed E-state index contributed by atoms with van der Waals surface area (Å²) in [4.78, 5) is 9.79. The van der Waals surface area contributed by atoms with Gasteiger partial charge in [0.25, 0.3) is 0 Å². The highest BCUT2D eigenvalue weighted by molar-refractivity contribution is 7.11. The first-order valence-electron chi connectivity index (χ1n) is 8.51. The fraction of sp³-hybridized carbons (Fsp3) is 0.444. The molecule has 0 radical (unpaired) electrons. The largest absolute Gasteiger partial charge is 0.490 e. The number of hydrogen-bond acceptors (Lipinski definition) is 5. The first-order chi connectivity index (χ1) is 12.9. The van der Waals surface area contributed by atoms with E-state index in [1.54, 1.807) is 43.5 Å². The number of alkyl halides is 2. The van der Waals surface area contributed by atoms with Crippen LogP contribution in [0.5, 0.6) is 11.5 Å². The number of halogens is 2. The second kappa shape index (κ2) is 10.1. The summed E-state index contributed by atoms with van der Waals surface area (Å²) in [5.41, 5.74) is 1.56. The second-order valence-corrected chi connectivity index (χ2v) is 6.87. The van der Waals surface area contributed by atoms with Crippen molar-refractivity contribution in [3.05, 3.63) is 39.3 Å². The molecule has 0 atom stereocenters. The predicted octanol–water partition coefficient (Wildman–Crippen LogP) is 3.63. The molecule has 0 bridgehead atoms. The molecule has 0 aliphatic heterocycles. The van der Waals surface area contributed by atoms with Crippen molar-refractivity contribution in [3.8, 4) is 11.5 Å². The van der Waals surface area contributed by atoms with Gasteiger partial charge in [-0.1, -0.05) is 12.1 Å². The van der Waals surface area contributed by atoms with E-state index in [1.807, 2.05) is 13.8 Å². The van der Waals surface area contributed by atoms with Gasteiger partial charge in [-0.25, -0.2) is 4.98 Å². The van der Waals surface area contributed by atoms with Gasteiger partial charge in [0, 0.05) is 24.0 Å². The van der Waals surface area contributed by atoms with Crippen molar-refractivity contribution in [3.63, 3.8) is 0 Å². The molecule has 6 nitrogen and oxygen atoms in total. The molecular weight excluding hydrogens is 374 g/mol. The van der Waals surface area contributed by atoms with E-state index >= 15 is 0 Å². The monoisotopic (exact) mass is 398 g/mol. The van der Waals surface area contributed by atoms with E-state index in [1.165, 1.54) is 4.88 Å². The lowest BCUT2D eigenvalue weighted by Crippen LogP contribution is -2.36. The Morgan fingerprint density at radius 2 is 2.00 bits per heavy atom. The molecule has 9 heteroatoms. The summed E-state index contributed by atoms with van der Waals surface area (Å²) in [6.45, 7) is 3.98. The zero-order valence-electron chi connectivity index (χ0n) is 15.8. The Morgan fingerprint density at radius 3 is 2.59 bits per heavy atom. The van der Waals surface area contributed by atoms with Gasteiger partial charge in [-0.2, -0.15) is 8.78 Å². The number of ether oxygens (including phenoxy) is 2. The molecule has 0 saturated heterocycles. The summed E-state index contributed by atoms with van der Waals surface area (Å²) in [5.74, 6) is 0.850. The van der Waals surface area contributed by atoms with E-state index in [0.29, 0.717) is 24.7 Å². The number of nitrogens with zero attached hydrogens (tertiary/aromatic N) is 2. The Labute approximate surface area is 161 Å². The quantitative estimate of drug-likeness (QED) is 0.525. The van der Waals surface area contributed by atoms with Crippen LogP contribution in [0.2, 0.25) is 0 Å². The number of hydrogen-bond donors (Lipinski definition) is 2. The summed E-state index contributed by atoms with van der Waals surface area (Å²) < 4.78 is 35.6. The zero-order chi connectivity index (χ0) is 19.8. The Hall–Kier alpha value is -2.42. The molecular formula is C18H24F2N4O2S. The molecule has 0 saturated carbocycles. The SMILES string of the molecule is CCOc1cccc(CNC(=NC)NCc2nc(C)c(C)s2)c1OC(F)F. The number of thiazole rings is 1. The van der Waals surface area contributed by atoms with E-state index in [2.05, 4.69) is 25.3 Å². The van der Waals surface area contributed by atoms with Crippen LogP contribution in [-0.2, 0) is 13.1 Å². The molecule has 1 aromatic carbocycles. The van der Waals surface area contributed by atoms with Gasteiger partial charge in [0.15, 0.2) is 17.5 Å². The van der Waals surface area contributed by atoms with Crippen LogP contribution in [0.1, 0.15) is 28.1 Å². The van der Waals surface area contributed by atoms with Crippen LogP contribution in [0, 0.1) is 13.8 Å². The number of aliphatic imine (C=N–C) groups is 1. The van der Waals surface area contributed by atoms with E-state index in [9.17, 15) is 8.78 Å². The van der Waals surface area contributed by atoms with Crippen molar-refractivity contribution < 1.29 is 18.3 Å². The van der Waals surface area contributed by atoms with Gasteiger partial charge in [0.2, 0.25) is 0 Å². The maximum Gasteiger partial charge on any atom is 0.387 e. The summed E-state index contributed by atoms with van der Waals surface area (Å²) in [5, 5.41) is 7.21. The minimum atomic E-state index is -2.93. The average Bonchev–Trinajstić information content (AvgIpc) is 2.95. The highest BCUT2D eigenvalue weighted by atomic mass is 32.1. The van der Waals surface area contributed by atoms with E-state index in [4.69, 9.17) is 4.74 Å². The number of aromatic nitrogens is 1. The number of rotatable bonds is 8. The summed E-state index contributed by atoms with van der Waals surface area (Å²) >= 11 is 1.62. The normalized spacial score (nSPS) is 11.6. The molecule has 2 rings (SSSR count). The zero-order valence-corrected chi connectivity index (χ0v) is 16.6. The molecule has 0 fully saturated rings. The van der Waals surface area contributed by atoms with Gasteiger partial charge in [-0.15, -0.1) is 11.3 Å². The fourth-order valence-electron chi connectivity index (χ4n) is 2.37. The summed E-state index contributed by atoms with van der Waals surface area (Å²) in [6.07, 6.45) is 0.